The SMILES string of the molecule is CCOC(=O)[C@H]1CC[C@@H](Oc2ccc(NC(=O)C(=O)NN)c(N=O)c2)CC1. The Balaban J connectivity index is 1.96. The highest BCUT2D eigenvalue weighted by molar-refractivity contribution is 6.39. The molecule has 0 unspecified atom stereocenters. The molecule has 0 atom stereocenters. The average Bonchev–Trinajstić information content (AvgIpc) is 2.69. The zero-order valence-electron chi connectivity index (χ0n) is 14.9. The first-order valence-electron chi connectivity index (χ1n) is 8.61. The Morgan fingerprint density at radius 1 is 1.19 bits per heavy atom. The zero-order chi connectivity index (χ0) is 19.8. The smallest absolute Gasteiger partial charge is 0.323 e. The molecule has 0 aliphatic heterocycles. The van der Waals surface area contributed by atoms with Crippen molar-refractivity contribution in [3.8, 4) is 5.75 Å². The number of benzene rings is 1. The van der Waals surface area contributed by atoms with Crippen LogP contribution >= 0.6 is 0 Å². The van der Waals surface area contributed by atoms with Crippen LogP contribution in [0.1, 0.15) is 32.6 Å². The van der Waals surface area contributed by atoms with Crippen molar-refractivity contribution in [1.29, 1.82) is 0 Å². The summed E-state index contributed by atoms with van der Waals surface area (Å²) < 4.78 is 10.9. The number of hydrazine groups is 1. The normalized spacial score (nSPS) is 18.9. The van der Waals surface area contributed by atoms with Crippen molar-refractivity contribution in [3.63, 3.8) is 0 Å². The van der Waals surface area contributed by atoms with Crippen LogP contribution in [0.25, 0.3) is 0 Å². The van der Waals surface area contributed by atoms with Gasteiger partial charge in [0.15, 0.2) is 0 Å². The number of anilines is 1. The number of nitrogens with zero attached hydrogens (tertiary/aromatic N) is 1. The second kappa shape index (κ2) is 9.62. The van der Waals surface area contributed by atoms with Crippen molar-refractivity contribution >= 4 is 29.2 Å². The van der Waals surface area contributed by atoms with Gasteiger partial charge in [0.1, 0.15) is 11.4 Å². The Labute approximate surface area is 155 Å². The molecular formula is C17H22N4O6. The van der Waals surface area contributed by atoms with Crippen LogP contribution in [0.2, 0.25) is 0 Å². The summed E-state index contributed by atoms with van der Waals surface area (Å²) in [6, 6.07) is 4.35. The Kier molecular flexibility index (Phi) is 7.24. The van der Waals surface area contributed by atoms with Gasteiger partial charge in [-0.2, -0.15) is 0 Å². The van der Waals surface area contributed by atoms with Crippen molar-refractivity contribution in [2.45, 2.75) is 38.7 Å². The summed E-state index contributed by atoms with van der Waals surface area (Å²) in [7, 11) is 0. The molecular weight excluding hydrogens is 356 g/mol. The monoisotopic (exact) mass is 378 g/mol. The molecule has 2 amide bonds. The lowest BCUT2D eigenvalue weighted by molar-refractivity contribution is -0.149. The van der Waals surface area contributed by atoms with Crippen molar-refractivity contribution in [2.24, 2.45) is 16.9 Å². The summed E-state index contributed by atoms with van der Waals surface area (Å²) in [5.74, 6) is 2.93. The molecule has 1 aliphatic rings. The second-order valence-electron chi connectivity index (χ2n) is 6.04. The summed E-state index contributed by atoms with van der Waals surface area (Å²) in [5, 5.41) is 5.09. The van der Waals surface area contributed by atoms with Gasteiger partial charge >= 0.3 is 17.8 Å². The van der Waals surface area contributed by atoms with E-state index in [-0.39, 0.29) is 29.4 Å². The zero-order valence-corrected chi connectivity index (χ0v) is 14.9. The van der Waals surface area contributed by atoms with E-state index in [4.69, 9.17) is 15.3 Å². The number of nitroso groups, excluding NO2 is 1. The Bertz CT molecular complexity index is 715. The molecule has 1 saturated carbocycles. The molecule has 0 heterocycles. The van der Waals surface area contributed by atoms with E-state index in [0.717, 1.165) is 0 Å². The third-order valence-corrected chi connectivity index (χ3v) is 4.25. The second-order valence-corrected chi connectivity index (χ2v) is 6.04. The molecule has 27 heavy (non-hydrogen) atoms. The molecule has 1 aliphatic carbocycles. The van der Waals surface area contributed by atoms with Crippen LogP contribution < -0.4 is 21.3 Å². The lowest BCUT2D eigenvalue weighted by atomic mass is 9.87. The molecule has 0 bridgehead atoms. The molecule has 2 rings (SSSR count). The van der Waals surface area contributed by atoms with Gasteiger partial charge in [0.25, 0.3) is 0 Å². The van der Waals surface area contributed by atoms with Crippen molar-refractivity contribution < 1.29 is 23.9 Å². The number of carbonyl (C=O) groups excluding carboxylic acids is 3. The highest BCUT2D eigenvalue weighted by Gasteiger charge is 2.28. The fourth-order valence-corrected chi connectivity index (χ4v) is 2.88. The van der Waals surface area contributed by atoms with Gasteiger partial charge in [0, 0.05) is 6.07 Å². The summed E-state index contributed by atoms with van der Waals surface area (Å²) in [6.07, 6.45) is 2.61. The van der Waals surface area contributed by atoms with Crippen LogP contribution in [-0.4, -0.2) is 30.5 Å². The molecule has 1 aromatic carbocycles. The topological polar surface area (TPSA) is 149 Å². The van der Waals surface area contributed by atoms with E-state index in [1.165, 1.54) is 12.1 Å². The Hall–Kier alpha value is -3.01. The molecule has 10 nitrogen and oxygen atoms in total. The molecule has 0 aromatic heterocycles. The maximum absolute atomic E-state index is 11.8. The van der Waals surface area contributed by atoms with Crippen molar-refractivity contribution in [3.05, 3.63) is 23.1 Å². The Morgan fingerprint density at radius 2 is 1.89 bits per heavy atom. The predicted octanol–water partition coefficient (Wildman–Crippen LogP) is 1.51. The highest BCUT2D eigenvalue weighted by atomic mass is 16.5. The van der Waals surface area contributed by atoms with Crippen molar-refractivity contribution in [1.82, 2.24) is 5.43 Å². The first-order chi connectivity index (χ1) is 13.0. The minimum absolute atomic E-state index is 0.0666. The average molecular weight is 378 g/mol. The van der Waals surface area contributed by atoms with Gasteiger partial charge in [-0.3, -0.25) is 19.8 Å². The number of amides is 2. The summed E-state index contributed by atoms with van der Waals surface area (Å²) in [6.45, 7) is 2.15. The molecule has 0 radical (unpaired) electrons. The quantitative estimate of drug-likeness (QED) is 0.170. The van der Waals surface area contributed by atoms with Crippen LogP contribution in [0.3, 0.4) is 0 Å². The van der Waals surface area contributed by atoms with Crippen LogP contribution in [0.4, 0.5) is 11.4 Å². The lowest BCUT2D eigenvalue weighted by Gasteiger charge is -2.27. The summed E-state index contributed by atoms with van der Waals surface area (Å²) in [4.78, 5) is 45.5. The maximum atomic E-state index is 11.8. The molecule has 4 N–H and O–H groups in total. The molecule has 1 aromatic rings. The number of carbonyl (C=O) groups is 3. The Morgan fingerprint density at radius 3 is 2.48 bits per heavy atom. The van der Waals surface area contributed by atoms with E-state index >= 15 is 0 Å². The molecule has 10 heteroatoms. The number of esters is 1. The van der Waals surface area contributed by atoms with Gasteiger partial charge in [-0.05, 0) is 49.9 Å². The van der Waals surface area contributed by atoms with E-state index < -0.39 is 11.8 Å². The first kappa shape index (κ1) is 20.3. The predicted molar refractivity (Wildman–Crippen MR) is 95.9 cm³/mol. The number of hydrogen-bond acceptors (Lipinski definition) is 8. The third-order valence-electron chi connectivity index (χ3n) is 4.25. The largest absolute Gasteiger partial charge is 0.490 e. The number of nitrogens with two attached hydrogens (primary N) is 1. The fourth-order valence-electron chi connectivity index (χ4n) is 2.88. The maximum Gasteiger partial charge on any atom is 0.323 e. The van der Waals surface area contributed by atoms with Gasteiger partial charge in [-0.25, -0.2) is 5.84 Å². The summed E-state index contributed by atoms with van der Waals surface area (Å²) >= 11 is 0. The van der Waals surface area contributed by atoms with Crippen LogP contribution in [0.5, 0.6) is 5.75 Å². The molecule has 0 saturated heterocycles. The molecule has 146 valence electrons. The van der Waals surface area contributed by atoms with E-state index in [0.29, 0.717) is 38.0 Å². The summed E-state index contributed by atoms with van der Waals surface area (Å²) in [5.41, 5.74) is 1.68. The van der Waals surface area contributed by atoms with E-state index in [1.807, 2.05) is 0 Å². The van der Waals surface area contributed by atoms with Crippen LogP contribution in [-0.2, 0) is 19.1 Å². The van der Waals surface area contributed by atoms with Gasteiger partial charge < -0.3 is 14.8 Å². The van der Waals surface area contributed by atoms with Crippen LogP contribution in [0, 0.1) is 10.8 Å². The number of nitrogens with one attached hydrogen (secondary N) is 2. The standard InChI is InChI=1S/C17H22N4O6/c1-2-26-17(24)10-3-5-11(6-4-10)27-12-7-8-13(14(9-12)21-25)19-15(22)16(23)20-18/h7-11H,2-6,18H2,1H3,(H,19,22)(H,20,23)/t10-,11+. The number of rotatable bonds is 6. The van der Waals surface area contributed by atoms with E-state index in [2.05, 4.69) is 10.5 Å². The molecule has 1 fully saturated rings. The minimum Gasteiger partial charge on any atom is -0.490 e. The minimum atomic E-state index is -1.05. The van der Waals surface area contributed by atoms with E-state index in [9.17, 15) is 19.3 Å². The van der Waals surface area contributed by atoms with Gasteiger partial charge in [0.05, 0.1) is 24.3 Å². The fraction of sp³-hybridized carbons (Fsp3) is 0.471. The van der Waals surface area contributed by atoms with Crippen LogP contribution in [0.15, 0.2) is 23.4 Å². The highest BCUT2D eigenvalue weighted by Crippen LogP contribution is 2.33. The molecule has 0 spiro atoms. The first-order valence-corrected chi connectivity index (χ1v) is 8.61. The van der Waals surface area contributed by atoms with Gasteiger partial charge in [-0.1, -0.05) is 0 Å². The van der Waals surface area contributed by atoms with Gasteiger partial charge in [0.2, 0.25) is 0 Å². The number of hydrogen-bond donors (Lipinski definition) is 3. The third kappa shape index (κ3) is 5.48. The lowest BCUT2D eigenvalue weighted by Crippen LogP contribution is -2.39. The van der Waals surface area contributed by atoms with Crippen molar-refractivity contribution in [2.75, 3.05) is 11.9 Å². The number of ether oxygens (including phenoxy) is 2. The van der Waals surface area contributed by atoms with Gasteiger partial charge in [-0.15, -0.1) is 4.91 Å². The van der Waals surface area contributed by atoms with E-state index in [1.54, 1.807) is 18.4 Å².